The molecular formula is C21H28O8S2. The van der Waals surface area contributed by atoms with Crippen molar-refractivity contribution < 1.29 is 35.4 Å². The summed E-state index contributed by atoms with van der Waals surface area (Å²) in [6.07, 6.45) is 0.409. The van der Waals surface area contributed by atoms with Crippen molar-refractivity contribution in [3.63, 3.8) is 0 Å². The van der Waals surface area contributed by atoms with E-state index < -0.39 is 20.2 Å². The van der Waals surface area contributed by atoms with Gasteiger partial charge in [0.1, 0.15) is 11.5 Å². The van der Waals surface area contributed by atoms with Gasteiger partial charge in [-0.05, 0) is 48.2 Å². The molecule has 0 heterocycles. The molecular weight excluding hydrogens is 444 g/mol. The summed E-state index contributed by atoms with van der Waals surface area (Å²) >= 11 is 0. The van der Waals surface area contributed by atoms with Crippen molar-refractivity contribution in [2.45, 2.75) is 32.1 Å². The van der Waals surface area contributed by atoms with E-state index in [4.69, 9.17) is 18.6 Å². The standard InChI is InChI=1S/C21H28O8S2/c1-21(2,17-5-9-19(10-6-17)28-13-3-15-30(22,23)24)18-7-11-20(12-8-18)29-14-4-16-31(25,26)27/h5-12H,3-4,13-16H2,1-2H3,(H,22,23,24)(H,25,26,27). The predicted octanol–water partition coefficient (Wildman–Crippen LogP) is 3.33. The zero-order valence-electron chi connectivity index (χ0n) is 17.5. The van der Waals surface area contributed by atoms with Gasteiger partial charge < -0.3 is 9.47 Å². The summed E-state index contributed by atoms with van der Waals surface area (Å²) in [4.78, 5) is 0. The van der Waals surface area contributed by atoms with E-state index in [1.54, 1.807) is 0 Å². The molecule has 0 atom stereocenters. The minimum Gasteiger partial charge on any atom is -0.494 e. The fourth-order valence-electron chi connectivity index (χ4n) is 2.97. The van der Waals surface area contributed by atoms with E-state index in [0.29, 0.717) is 11.5 Å². The van der Waals surface area contributed by atoms with E-state index in [2.05, 4.69) is 13.8 Å². The second-order valence-corrected chi connectivity index (χ2v) is 10.8. The Hall–Kier alpha value is -2.14. The molecule has 0 spiro atoms. The molecule has 2 aromatic rings. The van der Waals surface area contributed by atoms with E-state index in [0.717, 1.165) is 11.1 Å². The summed E-state index contributed by atoms with van der Waals surface area (Å²) in [5.74, 6) is 0.559. The first kappa shape index (κ1) is 25.1. The average molecular weight is 473 g/mol. The number of ether oxygens (including phenoxy) is 2. The Labute approximate surface area is 183 Å². The van der Waals surface area contributed by atoms with Crippen LogP contribution in [0.1, 0.15) is 37.8 Å². The molecule has 0 aromatic heterocycles. The fraction of sp³-hybridized carbons (Fsp3) is 0.429. The van der Waals surface area contributed by atoms with Crippen LogP contribution in [-0.4, -0.2) is 50.7 Å². The summed E-state index contributed by atoms with van der Waals surface area (Å²) in [5.41, 5.74) is 1.81. The number of rotatable bonds is 12. The second kappa shape index (κ2) is 10.4. The monoisotopic (exact) mass is 472 g/mol. The molecule has 2 rings (SSSR count). The number of hydrogen-bond acceptors (Lipinski definition) is 6. The molecule has 2 N–H and O–H groups in total. The van der Waals surface area contributed by atoms with Gasteiger partial charge in [0.05, 0.1) is 24.7 Å². The molecule has 0 saturated heterocycles. The van der Waals surface area contributed by atoms with Gasteiger partial charge >= 0.3 is 0 Å². The average Bonchev–Trinajstić information content (AvgIpc) is 2.68. The first-order valence-corrected chi connectivity index (χ1v) is 13.0. The molecule has 8 nitrogen and oxygen atoms in total. The molecule has 0 saturated carbocycles. The summed E-state index contributed by atoms with van der Waals surface area (Å²) in [7, 11) is -7.95. The molecule has 0 aliphatic carbocycles. The van der Waals surface area contributed by atoms with Crippen LogP contribution in [-0.2, 0) is 25.7 Å². The number of benzene rings is 2. The highest BCUT2D eigenvalue weighted by Crippen LogP contribution is 2.33. The van der Waals surface area contributed by atoms with E-state index in [1.165, 1.54) is 0 Å². The molecule has 31 heavy (non-hydrogen) atoms. The molecule has 0 amide bonds. The van der Waals surface area contributed by atoms with E-state index in [-0.39, 0.29) is 43.0 Å². The Morgan fingerprint density at radius 3 is 1.29 bits per heavy atom. The molecule has 0 radical (unpaired) electrons. The zero-order chi connectivity index (χ0) is 23.1. The first-order chi connectivity index (χ1) is 14.4. The lowest BCUT2D eigenvalue weighted by Gasteiger charge is -2.26. The molecule has 2 aromatic carbocycles. The van der Waals surface area contributed by atoms with Gasteiger partial charge in [0.25, 0.3) is 20.2 Å². The van der Waals surface area contributed by atoms with Gasteiger partial charge in [-0.15, -0.1) is 0 Å². The van der Waals surface area contributed by atoms with Gasteiger partial charge in [0.2, 0.25) is 0 Å². The summed E-state index contributed by atoms with van der Waals surface area (Å²) < 4.78 is 71.3. The summed E-state index contributed by atoms with van der Waals surface area (Å²) in [6, 6.07) is 15.0. The Morgan fingerprint density at radius 1 is 0.677 bits per heavy atom. The van der Waals surface area contributed by atoms with E-state index in [9.17, 15) is 16.8 Å². The number of hydrogen-bond donors (Lipinski definition) is 2. The van der Waals surface area contributed by atoms with Gasteiger partial charge in [-0.25, -0.2) is 0 Å². The lowest BCUT2D eigenvalue weighted by Crippen LogP contribution is -2.18. The summed E-state index contributed by atoms with van der Waals surface area (Å²) in [5, 5.41) is 0. The second-order valence-electron chi connectivity index (χ2n) is 7.65. The van der Waals surface area contributed by atoms with Crippen molar-refractivity contribution in [3.05, 3.63) is 59.7 Å². The molecule has 0 aliphatic heterocycles. The molecule has 10 heteroatoms. The maximum Gasteiger partial charge on any atom is 0.264 e. The Balaban J connectivity index is 1.93. The minimum absolute atomic E-state index is 0.189. The molecule has 0 fully saturated rings. The van der Waals surface area contributed by atoms with Crippen LogP contribution in [0.5, 0.6) is 11.5 Å². The topological polar surface area (TPSA) is 127 Å². The highest BCUT2D eigenvalue weighted by molar-refractivity contribution is 7.86. The van der Waals surface area contributed by atoms with E-state index >= 15 is 0 Å². The lowest BCUT2D eigenvalue weighted by atomic mass is 9.78. The van der Waals surface area contributed by atoms with Gasteiger partial charge in [-0.1, -0.05) is 38.1 Å². The van der Waals surface area contributed by atoms with Crippen LogP contribution >= 0.6 is 0 Å². The van der Waals surface area contributed by atoms with Crippen LogP contribution in [0.2, 0.25) is 0 Å². The smallest absolute Gasteiger partial charge is 0.264 e. The van der Waals surface area contributed by atoms with Crippen LogP contribution in [0.4, 0.5) is 0 Å². The minimum atomic E-state index is -3.97. The maximum atomic E-state index is 10.7. The normalized spacial score (nSPS) is 12.5. The van der Waals surface area contributed by atoms with Crippen molar-refractivity contribution in [2.24, 2.45) is 0 Å². The van der Waals surface area contributed by atoms with Gasteiger partial charge in [-0.2, -0.15) is 16.8 Å². The van der Waals surface area contributed by atoms with Gasteiger partial charge in [0, 0.05) is 5.41 Å². The summed E-state index contributed by atoms with van der Waals surface area (Å²) in [6.45, 7) is 4.54. The zero-order valence-corrected chi connectivity index (χ0v) is 19.2. The Kier molecular flexibility index (Phi) is 8.47. The Bertz CT molecular complexity index is 956. The van der Waals surface area contributed by atoms with Crippen LogP contribution in [0.25, 0.3) is 0 Å². The fourth-order valence-corrected chi connectivity index (χ4v) is 3.93. The van der Waals surface area contributed by atoms with Crippen LogP contribution in [0.3, 0.4) is 0 Å². The largest absolute Gasteiger partial charge is 0.494 e. The van der Waals surface area contributed by atoms with Crippen LogP contribution < -0.4 is 9.47 Å². The first-order valence-electron chi connectivity index (χ1n) is 9.74. The molecule has 172 valence electrons. The van der Waals surface area contributed by atoms with Crippen molar-refractivity contribution in [3.8, 4) is 11.5 Å². The lowest BCUT2D eigenvalue weighted by molar-refractivity contribution is 0.315. The van der Waals surface area contributed by atoms with E-state index in [1.807, 2.05) is 48.5 Å². The van der Waals surface area contributed by atoms with Crippen molar-refractivity contribution in [2.75, 3.05) is 24.7 Å². The van der Waals surface area contributed by atoms with Crippen LogP contribution in [0.15, 0.2) is 48.5 Å². The molecule has 0 bridgehead atoms. The van der Waals surface area contributed by atoms with Gasteiger partial charge in [-0.3, -0.25) is 9.11 Å². The quantitative estimate of drug-likeness (QED) is 0.356. The molecule has 0 aliphatic rings. The van der Waals surface area contributed by atoms with Crippen LogP contribution in [0, 0.1) is 0 Å². The predicted molar refractivity (Wildman–Crippen MR) is 118 cm³/mol. The Morgan fingerprint density at radius 2 is 1.00 bits per heavy atom. The van der Waals surface area contributed by atoms with Gasteiger partial charge in [0.15, 0.2) is 0 Å². The third-order valence-electron chi connectivity index (χ3n) is 4.78. The van der Waals surface area contributed by atoms with Crippen molar-refractivity contribution in [1.29, 1.82) is 0 Å². The third-order valence-corrected chi connectivity index (χ3v) is 6.39. The highest BCUT2D eigenvalue weighted by Gasteiger charge is 2.23. The molecule has 0 unspecified atom stereocenters. The van der Waals surface area contributed by atoms with Crippen molar-refractivity contribution in [1.82, 2.24) is 0 Å². The van der Waals surface area contributed by atoms with Crippen molar-refractivity contribution >= 4 is 20.2 Å². The SMILES string of the molecule is CC(C)(c1ccc(OCCCS(=O)(=O)O)cc1)c1ccc(OCCCS(=O)(=O)O)cc1. The highest BCUT2D eigenvalue weighted by atomic mass is 32.2. The maximum absolute atomic E-state index is 10.7. The third kappa shape index (κ3) is 8.86.